The van der Waals surface area contributed by atoms with E-state index in [0.717, 1.165) is 31.6 Å². The highest BCUT2D eigenvalue weighted by Gasteiger charge is 2.16. The molecule has 7 heteroatoms. The third kappa shape index (κ3) is 5.07. The van der Waals surface area contributed by atoms with E-state index in [4.69, 9.17) is 12.2 Å². The summed E-state index contributed by atoms with van der Waals surface area (Å²) in [4.78, 5) is 14.9. The highest BCUT2D eigenvalue weighted by Crippen LogP contribution is 2.28. The predicted octanol–water partition coefficient (Wildman–Crippen LogP) is 5.01. The summed E-state index contributed by atoms with van der Waals surface area (Å²) in [6.07, 6.45) is 3.70. The van der Waals surface area contributed by atoms with Crippen molar-refractivity contribution in [2.75, 3.05) is 23.3 Å². The maximum Gasteiger partial charge on any atom is 0.258 e. The van der Waals surface area contributed by atoms with E-state index in [0.29, 0.717) is 10.7 Å². The standard InChI is InChI=1S/C19H19I2N3OS/c20-13-8-9-15(21)14(12-13)18(25)23-19(26)22-16-6-2-3-7-17(16)24-10-4-1-5-11-24/h2-3,6-9,12H,1,4-5,10-11H2,(H2,22,23,25,26). The molecule has 1 amide bonds. The van der Waals surface area contributed by atoms with Gasteiger partial charge in [-0.2, -0.15) is 0 Å². The fourth-order valence-corrected chi connectivity index (χ4v) is 4.26. The Morgan fingerprint density at radius 2 is 1.77 bits per heavy atom. The van der Waals surface area contributed by atoms with Crippen molar-refractivity contribution in [3.63, 3.8) is 0 Å². The number of nitrogens with zero attached hydrogens (tertiary/aromatic N) is 1. The number of halogens is 2. The molecule has 3 rings (SSSR count). The van der Waals surface area contributed by atoms with Crippen LogP contribution in [0.2, 0.25) is 0 Å². The van der Waals surface area contributed by atoms with Crippen molar-refractivity contribution in [3.05, 3.63) is 55.2 Å². The molecule has 4 nitrogen and oxygen atoms in total. The highest BCUT2D eigenvalue weighted by molar-refractivity contribution is 14.1. The lowest BCUT2D eigenvalue weighted by molar-refractivity contribution is 0.0977. The Labute approximate surface area is 186 Å². The minimum absolute atomic E-state index is 0.194. The molecule has 0 saturated carbocycles. The fourth-order valence-electron chi connectivity index (χ4n) is 2.99. The zero-order chi connectivity index (χ0) is 18.5. The smallest absolute Gasteiger partial charge is 0.258 e. The molecule has 0 unspecified atom stereocenters. The van der Waals surface area contributed by atoms with E-state index in [-0.39, 0.29) is 5.91 Å². The minimum atomic E-state index is -0.194. The van der Waals surface area contributed by atoms with E-state index in [9.17, 15) is 4.79 Å². The number of piperidine rings is 1. The number of para-hydroxylation sites is 2. The third-order valence-electron chi connectivity index (χ3n) is 4.25. The number of amides is 1. The molecule has 136 valence electrons. The monoisotopic (exact) mass is 591 g/mol. The zero-order valence-corrected chi connectivity index (χ0v) is 19.2. The van der Waals surface area contributed by atoms with Crippen LogP contribution in [0.3, 0.4) is 0 Å². The van der Waals surface area contributed by atoms with E-state index in [2.05, 4.69) is 66.8 Å². The first kappa shape index (κ1) is 19.8. The zero-order valence-electron chi connectivity index (χ0n) is 14.1. The van der Waals surface area contributed by atoms with Gasteiger partial charge in [-0.3, -0.25) is 10.1 Å². The van der Waals surface area contributed by atoms with E-state index in [1.165, 1.54) is 19.3 Å². The normalized spacial score (nSPS) is 14.0. The number of rotatable bonds is 3. The first-order valence-electron chi connectivity index (χ1n) is 8.46. The molecular weight excluding hydrogens is 572 g/mol. The number of thiocarbonyl (C=S) groups is 1. The van der Waals surface area contributed by atoms with Gasteiger partial charge in [-0.25, -0.2) is 0 Å². The Morgan fingerprint density at radius 3 is 2.54 bits per heavy atom. The van der Waals surface area contributed by atoms with Crippen LogP contribution in [0.15, 0.2) is 42.5 Å². The molecular formula is C19H19I2N3OS. The second-order valence-corrected chi connectivity index (χ2v) is 8.91. The average molecular weight is 591 g/mol. The molecule has 0 spiro atoms. The molecule has 1 saturated heterocycles. The van der Waals surface area contributed by atoms with Gasteiger partial charge in [0.25, 0.3) is 5.91 Å². The van der Waals surface area contributed by atoms with Crippen molar-refractivity contribution in [1.82, 2.24) is 5.32 Å². The quantitative estimate of drug-likeness (QED) is 0.390. The van der Waals surface area contributed by atoms with Crippen LogP contribution >= 0.6 is 57.4 Å². The van der Waals surface area contributed by atoms with Crippen molar-refractivity contribution in [2.24, 2.45) is 0 Å². The lowest BCUT2D eigenvalue weighted by atomic mass is 10.1. The van der Waals surface area contributed by atoms with Crippen molar-refractivity contribution in [2.45, 2.75) is 19.3 Å². The van der Waals surface area contributed by atoms with Crippen LogP contribution in [-0.4, -0.2) is 24.1 Å². The summed E-state index contributed by atoms with van der Waals surface area (Å²) < 4.78 is 1.92. The van der Waals surface area contributed by atoms with Crippen molar-refractivity contribution < 1.29 is 4.79 Å². The first-order chi connectivity index (χ1) is 12.5. The number of benzene rings is 2. The minimum Gasteiger partial charge on any atom is -0.370 e. The van der Waals surface area contributed by atoms with Crippen LogP contribution in [-0.2, 0) is 0 Å². The molecule has 1 fully saturated rings. The second-order valence-electron chi connectivity index (χ2n) is 6.10. The predicted molar refractivity (Wildman–Crippen MR) is 128 cm³/mol. The lowest BCUT2D eigenvalue weighted by Crippen LogP contribution is -2.36. The average Bonchev–Trinajstić information content (AvgIpc) is 2.64. The van der Waals surface area contributed by atoms with Crippen molar-refractivity contribution in [1.29, 1.82) is 0 Å². The van der Waals surface area contributed by atoms with Gasteiger partial charge in [0, 0.05) is 20.2 Å². The topological polar surface area (TPSA) is 44.4 Å². The molecule has 26 heavy (non-hydrogen) atoms. The summed E-state index contributed by atoms with van der Waals surface area (Å²) >= 11 is 9.75. The highest BCUT2D eigenvalue weighted by atomic mass is 127. The molecule has 2 aromatic rings. The van der Waals surface area contributed by atoms with Gasteiger partial charge in [0.15, 0.2) is 5.11 Å². The number of hydrogen-bond acceptors (Lipinski definition) is 3. The molecule has 2 N–H and O–H groups in total. The second kappa shape index (κ2) is 9.32. The van der Waals surface area contributed by atoms with E-state index >= 15 is 0 Å². The van der Waals surface area contributed by atoms with Crippen LogP contribution in [0.5, 0.6) is 0 Å². The molecule has 1 heterocycles. The van der Waals surface area contributed by atoms with Gasteiger partial charge in [-0.15, -0.1) is 0 Å². The summed E-state index contributed by atoms with van der Waals surface area (Å²) in [5, 5.41) is 6.31. The Hall–Kier alpha value is -0.940. The molecule has 2 aromatic carbocycles. The summed E-state index contributed by atoms with van der Waals surface area (Å²) in [5.41, 5.74) is 2.69. The third-order valence-corrected chi connectivity index (χ3v) is 6.06. The Bertz CT molecular complexity index is 822. The largest absolute Gasteiger partial charge is 0.370 e. The molecule has 1 aliphatic heterocycles. The van der Waals surface area contributed by atoms with Crippen LogP contribution in [0.4, 0.5) is 11.4 Å². The molecule has 1 aliphatic rings. The van der Waals surface area contributed by atoms with Crippen molar-refractivity contribution in [3.8, 4) is 0 Å². The SMILES string of the molecule is O=C(NC(=S)Nc1ccccc1N1CCCCC1)c1cc(I)ccc1I. The van der Waals surface area contributed by atoms with Crippen LogP contribution in [0.1, 0.15) is 29.6 Å². The summed E-state index contributed by atoms with van der Waals surface area (Å²) in [7, 11) is 0. The summed E-state index contributed by atoms with van der Waals surface area (Å²) in [6.45, 7) is 2.11. The Kier molecular flexibility index (Phi) is 7.10. The maximum absolute atomic E-state index is 12.5. The molecule has 0 radical (unpaired) electrons. The number of anilines is 2. The van der Waals surface area contributed by atoms with E-state index in [1.54, 1.807) is 0 Å². The van der Waals surface area contributed by atoms with Gasteiger partial charge >= 0.3 is 0 Å². The van der Waals surface area contributed by atoms with Gasteiger partial charge < -0.3 is 10.2 Å². The van der Waals surface area contributed by atoms with Crippen molar-refractivity contribution >= 4 is 79.8 Å². The van der Waals surface area contributed by atoms with E-state index in [1.807, 2.05) is 36.4 Å². The van der Waals surface area contributed by atoms with Crippen LogP contribution < -0.4 is 15.5 Å². The number of hydrogen-bond donors (Lipinski definition) is 2. The lowest BCUT2D eigenvalue weighted by Gasteiger charge is -2.30. The van der Waals surface area contributed by atoms with Crippen LogP contribution in [0.25, 0.3) is 0 Å². The van der Waals surface area contributed by atoms with Gasteiger partial charge in [0.2, 0.25) is 0 Å². The van der Waals surface area contributed by atoms with Gasteiger partial charge in [0.1, 0.15) is 0 Å². The number of carbonyl (C=O) groups is 1. The van der Waals surface area contributed by atoms with E-state index < -0.39 is 0 Å². The summed E-state index contributed by atoms with van der Waals surface area (Å²) in [6, 6.07) is 13.9. The molecule has 0 bridgehead atoms. The molecule has 0 atom stereocenters. The first-order valence-corrected chi connectivity index (χ1v) is 11.0. The van der Waals surface area contributed by atoms with Gasteiger partial charge in [-0.05, 0) is 107 Å². The van der Waals surface area contributed by atoms with Gasteiger partial charge in [-0.1, -0.05) is 12.1 Å². The number of nitrogens with one attached hydrogen (secondary N) is 2. The fraction of sp³-hybridized carbons (Fsp3) is 0.263. The van der Waals surface area contributed by atoms with Crippen LogP contribution in [0, 0.1) is 7.14 Å². The Balaban J connectivity index is 1.70. The molecule has 0 aliphatic carbocycles. The van der Waals surface area contributed by atoms with Gasteiger partial charge in [0.05, 0.1) is 16.9 Å². The maximum atomic E-state index is 12.5. The molecule has 0 aromatic heterocycles. The number of carbonyl (C=O) groups excluding carboxylic acids is 1. The summed E-state index contributed by atoms with van der Waals surface area (Å²) in [5.74, 6) is -0.194. The Morgan fingerprint density at radius 1 is 1.04 bits per heavy atom.